The van der Waals surface area contributed by atoms with E-state index in [9.17, 15) is 4.79 Å². The molecule has 0 aliphatic carbocycles. The monoisotopic (exact) mass is 294 g/mol. The zero-order valence-electron chi connectivity index (χ0n) is 10.1. The van der Waals surface area contributed by atoms with Crippen LogP contribution in [0.15, 0.2) is 48.5 Å². The Balaban J connectivity index is 1.94. The summed E-state index contributed by atoms with van der Waals surface area (Å²) < 4.78 is 5.39. The second-order valence-corrected chi connectivity index (χ2v) is 4.85. The lowest BCUT2D eigenvalue weighted by atomic mass is 10.1. The molecule has 0 radical (unpaired) electrons. The summed E-state index contributed by atoms with van der Waals surface area (Å²) in [5.74, 6) is 0.328. The maximum absolute atomic E-state index is 11.8. The molecule has 98 valence electrons. The van der Waals surface area contributed by atoms with Crippen LogP contribution in [0, 0.1) is 0 Å². The number of carbonyl (C=O) groups excluding carboxylic acids is 1. The van der Waals surface area contributed by atoms with Crippen LogP contribution in [0.25, 0.3) is 0 Å². The fraction of sp³-hybridized carbons (Fsp3) is 0.133. The van der Waals surface area contributed by atoms with Crippen molar-refractivity contribution in [3.63, 3.8) is 0 Å². The number of benzene rings is 2. The van der Waals surface area contributed by atoms with Crippen LogP contribution in [-0.4, -0.2) is 12.4 Å². The van der Waals surface area contributed by atoms with Crippen LogP contribution in [0.2, 0.25) is 10.0 Å². The predicted molar refractivity (Wildman–Crippen MR) is 77.1 cm³/mol. The first-order valence-electron chi connectivity index (χ1n) is 5.79. The van der Waals surface area contributed by atoms with E-state index in [1.54, 1.807) is 18.2 Å². The summed E-state index contributed by atoms with van der Waals surface area (Å²) in [6.07, 6.45) is 0.336. The molecule has 4 heteroatoms. The molecule has 0 amide bonds. The standard InChI is InChI=1S/C15H12Cl2O2/c16-13-7-4-8-14(17)15(13)19-10-12(18)9-11-5-2-1-3-6-11/h1-8H,9-10H2. The SMILES string of the molecule is O=C(COc1c(Cl)cccc1Cl)Cc1ccccc1. The van der Waals surface area contributed by atoms with E-state index in [1.807, 2.05) is 30.3 Å². The van der Waals surface area contributed by atoms with Gasteiger partial charge in [-0.25, -0.2) is 0 Å². The Kier molecular flexibility index (Phi) is 4.83. The summed E-state index contributed by atoms with van der Waals surface area (Å²) in [7, 11) is 0. The third-order valence-corrected chi connectivity index (χ3v) is 3.14. The molecule has 0 N–H and O–H groups in total. The van der Waals surface area contributed by atoms with Crippen molar-refractivity contribution in [1.82, 2.24) is 0 Å². The van der Waals surface area contributed by atoms with Gasteiger partial charge in [-0.1, -0.05) is 59.6 Å². The van der Waals surface area contributed by atoms with Gasteiger partial charge in [0.15, 0.2) is 11.5 Å². The van der Waals surface area contributed by atoms with Crippen molar-refractivity contribution in [2.45, 2.75) is 6.42 Å². The minimum Gasteiger partial charge on any atom is -0.483 e. The quantitative estimate of drug-likeness (QED) is 0.827. The van der Waals surface area contributed by atoms with Crippen LogP contribution in [-0.2, 0) is 11.2 Å². The van der Waals surface area contributed by atoms with E-state index in [4.69, 9.17) is 27.9 Å². The molecule has 0 aliphatic rings. The average molecular weight is 295 g/mol. The number of carbonyl (C=O) groups is 1. The van der Waals surface area contributed by atoms with Crippen LogP contribution in [0.1, 0.15) is 5.56 Å². The van der Waals surface area contributed by atoms with Gasteiger partial charge in [0.05, 0.1) is 10.0 Å². The van der Waals surface area contributed by atoms with Gasteiger partial charge in [0.2, 0.25) is 0 Å². The number of hydrogen-bond donors (Lipinski definition) is 0. The molecule has 0 fully saturated rings. The van der Waals surface area contributed by atoms with Crippen LogP contribution >= 0.6 is 23.2 Å². The molecule has 2 nitrogen and oxygen atoms in total. The smallest absolute Gasteiger partial charge is 0.174 e. The van der Waals surface area contributed by atoms with Crippen molar-refractivity contribution in [3.05, 3.63) is 64.1 Å². The van der Waals surface area contributed by atoms with Gasteiger partial charge in [-0.3, -0.25) is 4.79 Å². The fourth-order valence-corrected chi connectivity index (χ4v) is 2.15. The van der Waals surface area contributed by atoms with Gasteiger partial charge in [-0.2, -0.15) is 0 Å². The maximum Gasteiger partial charge on any atom is 0.174 e. The lowest BCUT2D eigenvalue weighted by molar-refractivity contribution is -0.120. The Morgan fingerprint density at radius 3 is 2.21 bits per heavy atom. The van der Waals surface area contributed by atoms with E-state index < -0.39 is 0 Å². The number of ether oxygens (including phenoxy) is 1. The Morgan fingerprint density at radius 1 is 0.947 bits per heavy atom. The molecule has 0 bridgehead atoms. The van der Waals surface area contributed by atoms with E-state index in [0.29, 0.717) is 22.2 Å². The molecule has 0 saturated carbocycles. The maximum atomic E-state index is 11.8. The molecule has 2 aromatic rings. The third kappa shape index (κ3) is 3.98. The Labute approximate surface area is 121 Å². The summed E-state index contributed by atoms with van der Waals surface area (Å²) in [5, 5.41) is 0.806. The summed E-state index contributed by atoms with van der Waals surface area (Å²) in [6, 6.07) is 14.6. The first-order chi connectivity index (χ1) is 9.16. The molecule has 0 heterocycles. The van der Waals surface area contributed by atoms with Gasteiger partial charge in [-0.15, -0.1) is 0 Å². The van der Waals surface area contributed by atoms with Gasteiger partial charge in [0.1, 0.15) is 6.61 Å². The molecule has 2 aromatic carbocycles. The zero-order valence-corrected chi connectivity index (χ0v) is 11.6. The third-order valence-electron chi connectivity index (χ3n) is 2.54. The van der Waals surface area contributed by atoms with Gasteiger partial charge >= 0.3 is 0 Å². The molecule has 0 unspecified atom stereocenters. The normalized spacial score (nSPS) is 10.2. The van der Waals surface area contributed by atoms with E-state index in [1.165, 1.54) is 0 Å². The van der Waals surface area contributed by atoms with Crippen molar-refractivity contribution >= 4 is 29.0 Å². The number of ketones is 1. The Morgan fingerprint density at radius 2 is 1.58 bits per heavy atom. The Bertz CT molecular complexity index is 547. The summed E-state index contributed by atoms with van der Waals surface area (Å²) >= 11 is 11.9. The van der Waals surface area contributed by atoms with E-state index in [0.717, 1.165) is 5.56 Å². The number of hydrogen-bond acceptors (Lipinski definition) is 2. The first-order valence-corrected chi connectivity index (χ1v) is 6.55. The number of para-hydroxylation sites is 1. The second kappa shape index (κ2) is 6.60. The van der Waals surface area contributed by atoms with E-state index in [2.05, 4.69) is 0 Å². The molecular formula is C15H12Cl2O2. The number of rotatable bonds is 5. The van der Waals surface area contributed by atoms with Crippen molar-refractivity contribution in [2.75, 3.05) is 6.61 Å². The molecule has 19 heavy (non-hydrogen) atoms. The van der Waals surface area contributed by atoms with Crippen LogP contribution in [0.4, 0.5) is 0 Å². The summed E-state index contributed by atoms with van der Waals surface area (Å²) in [5.41, 5.74) is 0.960. The van der Waals surface area contributed by atoms with Crippen molar-refractivity contribution in [1.29, 1.82) is 0 Å². The summed E-state index contributed by atoms with van der Waals surface area (Å²) in [6.45, 7) is -0.0433. The van der Waals surface area contributed by atoms with Crippen molar-refractivity contribution in [2.24, 2.45) is 0 Å². The highest BCUT2D eigenvalue weighted by Crippen LogP contribution is 2.32. The topological polar surface area (TPSA) is 26.3 Å². The molecule has 0 spiro atoms. The predicted octanol–water partition coefficient (Wildman–Crippen LogP) is 4.18. The molecule has 0 aliphatic heterocycles. The number of halogens is 2. The second-order valence-electron chi connectivity index (χ2n) is 4.04. The van der Waals surface area contributed by atoms with Crippen LogP contribution in [0.3, 0.4) is 0 Å². The zero-order chi connectivity index (χ0) is 13.7. The van der Waals surface area contributed by atoms with Gasteiger partial charge in [-0.05, 0) is 17.7 Å². The molecule has 0 atom stereocenters. The van der Waals surface area contributed by atoms with Gasteiger partial charge < -0.3 is 4.74 Å². The summed E-state index contributed by atoms with van der Waals surface area (Å²) in [4.78, 5) is 11.8. The van der Waals surface area contributed by atoms with E-state index in [-0.39, 0.29) is 12.4 Å². The van der Waals surface area contributed by atoms with Crippen molar-refractivity contribution in [3.8, 4) is 5.75 Å². The van der Waals surface area contributed by atoms with Crippen LogP contribution in [0.5, 0.6) is 5.75 Å². The molecular weight excluding hydrogens is 283 g/mol. The van der Waals surface area contributed by atoms with Gasteiger partial charge in [0, 0.05) is 6.42 Å². The lowest BCUT2D eigenvalue weighted by Gasteiger charge is -2.09. The van der Waals surface area contributed by atoms with Crippen molar-refractivity contribution < 1.29 is 9.53 Å². The lowest BCUT2D eigenvalue weighted by Crippen LogP contribution is -2.14. The minimum absolute atomic E-state index is 0.0258. The molecule has 2 rings (SSSR count). The highest BCUT2D eigenvalue weighted by molar-refractivity contribution is 6.37. The molecule has 0 saturated heterocycles. The largest absolute Gasteiger partial charge is 0.483 e. The molecule has 0 aromatic heterocycles. The number of Topliss-reactive ketones (excluding diaryl/α,β-unsaturated/α-hetero) is 1. The van der Waals surface area contributed by atoms with Crippen LogP contribution < -0.4 is 4.74 Å². The van der Waals surface area contributed by atoms with E-state index >= 15 is 0 Å². The fourth-order valence-electron chi connectivity index (χ4n) is 1.65. The Hall–Kier alpha value is -1.51. The highest BCUT2D eigenvalue weighted by Gasteiger charge is 2.10. The minimum atomic E-state index is -0.0433. The first kappa shape index (κ1) is 13.9. The average Bonchev–Trinajstić information content (AvgIpc) is 2.39. The highest BCUT2D eigenvalue weighted by atomic mass is 35.5. The van der Waals surface area contributed by atoms with Gasteiger partial charge in [0.25, 0.3) is 0 Å².